The van der Waals surface area contributed by atoms with Crippen molar-refractivity contribution in [2.45, 2.75) is 19.3 Å². The molecule has 0 radical (unpaired) electrons. The molecule has 0 amide bonds. The van der Waals surface area contributed by atoms with Crippen LogP contribution >= 0.6 is 0 Å². The molecule has 0 fully saturated rings. The van der Waals surface area contributed by atoms with Gasteiger partial charge >= 0.3 is 0 Å². The van der Waals surface area contributed by atoms with Gasteiger partial charge in [-0.3, -0.25) is 0 Å². The Morgan fingerprint density at radius 2 is 0.831 bits per heavy atom. The highest BCUT2D eigenvalue weighted by Crippen LogP contribution is 2.61. The third kappa shape index (κ3) is 7.49. The molecule has 1 aliphatic carbocycles. The Kier molecular flexibility index (Phi) is 10.9. The maximum atomic E-state index is 10.3. The zero-order valence-electron chi connectivity index (χ0n) is 42.8. The van der Waals surface area contributed by atoms with Crippen molar-refractivity contribution in [1.82, 2.24) is 0 Å². The Morgan fingerprint density at radius 3 is 1.49 bits per heavy atom. The van der Waals surface area contributed by atoms with E-state index in [1.807, 2.05) is 18.2 Å². The zero-order chi connectivity index (χ0) is 51.6. The van der Waals surface area contributed by atoms with E-state index >= 15 is 0 Å². The average Bonchev–Trinajstić information content (AvgIpc) is 3.81. The van der Waals surface area contributed by atoms with E-state index in [0.717, 1.165) is 44.9 Å². The van der Waals surface area contributed by atoms with Crippen LogP contribution in [0.3, 0.4) is 0 Å². The van der Waals surface area contributed by atoms with Gasteiger partial charge in [0.1, 0.15) is 0 Å². The smallest absolute Gasteiger partial charge is 0.0992 e. The first kappa shape index (κ1) is 45.6. The number of anilines is 6. The number of hydrogen-bond donors (Lipinski definition) is 0. The van der Waals surface area contributed by atoms with Crippen LogP contribution in [0.25, 0.3) is 65.3 Å². The van der Waals surface area contributed by atoms with Gasteiger partial charge in [0.2, 0.25) is 0 Å². The molecule has 0 spiro atoms. The summed E-state index contributed by atoms with van der Waals surface area (Å²) >= 11 is 0. The first-order valence-corrected chi connectivity index (χ1v) is 26.5. The normalized spacial score (nSPS) is 12.4. The van der Waals surface area contributed by atoms with Gasteiger partial charge in [-0.1, -0.05) is 188 Å². The van der Waals surface area contributed by atoms with Gasteiger partial charge in [-0.15, -0.1) is 0 Å². The summed E-state index contributed by atoms with van der Waals surface area (Å²) < 4.78 is 0. The van der Waals surface area contributed by atoms with Gasteiger partial charge in [-0.05, 0) is 192 Å². The second-order valence-electron chi connectivity index (χ2n) is 20.5. The first-order valence-electron chi connectivity index (χ1n) is 26.5. The molecule has 0 aromatic heterocycles. The number of hydrogen-bond acceptors (Lipinski definition) is 3. The second kappa shape index (κ2) is 18.4. The largest absolute Gasteiger partial charge is 0.310 e. The standard InChI is InChI=1S/C74H51N3/c1-49-17-6-13-28-65(49)66-39-37-62(41-50(66)2)77(60-25-4-3-5-26-60)72-47-71-73(68-30-15-14-29-67(68)72)69-40-38-64(76(61-27-16-18-51(42-61)48-75)63-36-33-54-21-9-12-24-57(54)45-63)46-70(69)74(71,58-34-31-52-19-7-10-22-55(52)43-58)59-35-32-53-20-8-11-23-56(53)44-59/h3-47H,1-2H3. The van der Waals surface area contributed by atoms with Crippen molar-refractivity contribution in [3.8, 4) is 28.3 Å². The van der Waals surface area contributed by atoms with Gasteiger partial charge in [0.25, 0.3) is 0 Å². The molecule has 0 atom stereocenters. The minimum Gasteiger partial charge on any atom is -0.310 e. The Balaban J connectivity index is 1.10. The fraction of sp³-hybridized carbons (Fsp3) is 0.0405. The van der Waals surface area contributed by atoms with E-state index in [2.05, 4.69) is 285 Å². The van der Waals surface area contributed by atoms with E-state index in [9.17, 15) is 5.26 Å². The van der Waals surface area contributed by atoms with E-state index in [4.69, 9.17) is 0 Å². The van der Waals surface area contributed by atoms with Gasteiger partial charge in [-0.2, -0.15) is 5.26 Å². The lowest BCUT2D eigenvalue weighted by Gasteiger charge is -2.36. The molecule has 3 nitrogen and oxygen atoms in total. The molecule has 0 saturated heterocycles. The molecule has 13 aromatic rings. The molecule has 0 N–H and O–H groups in total. The van der Waals surface area contributed by atoms with Crippen molar-refractivity contribution in [3.05, 3.63) is 312 Å². The molecule has 362 valence electrons. The number of nitrogens with zero attached hydrogens (tertiary/aromatic N) is 3. The molecule has 0 aliphatic heterocycles. The molecule has 14 rings (SSSR count). The molecule has 13 aromatic carbocycles. The highest BCUT2D eigenvalue weighted by Gasteiger charge is 2.48. The topological polar surface area (TPSA) is 30.3 Å². The number of benzene rings is 13. The summed E-state index contributed by atoms with van der Waals surface area (Å²) in [5.74, 6) is 0. The number of fused-ring (bicyclic) bond motifs is 8. The van der Waals surface area contributed by atoms with Gasteiger partial charge in [-0.25, -0.2) is 0 Å². The Labute approximate surface area is 449 Å². The van der Waals surface area contributed by atoms with Crippen molar-refractivity contribution in [2.75, 3.05) is 9.80 Å². The molecular weight excluding hydrogens is 931 g/mol. The van der Waals surface area contributed by atoms with E-state index in [1.54, 1.807) is 0 Å². The minimum absolute atomic E-state index is 0.602. The summed E-state index contributed by atoms with van der Waals surface area (Å²) in [5, 5.41) is 19.7. The molecule has 77 heavy (non-hydrogen) atoms. The van der Waals surface area contributed by atoms with Crippen LogP contribution < -0.4 is 9.80 Å². The number of para-hydroxylation sites is 1. The van der Waals surface area contributed by atoms with Crippen molar-refractivity contribution in [1.29, 1.82) is 5.26 Å². The summed E-state index contributed by atoms with van der Waals surface area (Å²) in [4.78, 5) is 4.80. The SMILES string of the molecule is Cc1ccccc1-c1ccc(N(c2ccccc2)c2cc3c(c4ccccc24)-c2ccc(N(c4cccc(C#N)c4)c4ccc5ccccc5c4)cc2C3(c2ccc3ccccc3c2)c2ccc3ccccc3c2)cc1C. The summed E-state index contributed by atoms with van der Waals surface area (Å²) in [6.45, 7) is 4.44. The maximum Gasteiger partial charge on any atom is 0.0992 e. The second-order valence-corrected chi connectivity index (χ2v) is 20.5. The van der Waals surface area contributed by atoms with Crippen LogP contribution in [0, 0.1) is 25.2 Å². The van der Waals surface area contributed by atoms with E-state index in [1.165, 1.54) is 88.0 Å². The third-order valence-electron chi connectivity index (χ3n) is 16.1. The van der Waals surface area contributed by atoms with Gasteiger partial charge in [0, 0.05) is 33.8 Å². The van der Waals surface area contributed by atoms with Gasteiger partial charge in [0.05, 0.1) is 22.7 Å². The van der Waals surface area contributed by atoms with Crippen molar-refractivity contribution >= 4 is 77.2 Å². The number of rotatable bonds is 9. The monoisotopic (exact) mass is 981 g/mol. The summed E-state index contributed by atoms with van der Waals surface area (Å²) in [6.07, 6.45) is 0. The van der Waals surface area contributed by atoms with Crippen LogP contribution in [-0.2, 0) is 5.41 Å². The molecular formula is C74H51N3. The predicted octanol–water partition coefficient (Wildman–Crippen LogP) is 19.8. The summed E-state index contributed by atoms with van der Waals surface area (Å²) in [5.41, 5.74) is 18.0. The Bertz CT molecular complexity index is 4450. The Morgan fingerprint density at radius 1 is 0.325 bits per heavy atom. The van der Waals surface area contributed by atoms with Crippen LogP contribution in [0.15, 0.2) is 273 Å². The molecule has 1 aliphatic rings. The highest BCUT2D eigenvalue weighted by molar-refractivity contribution is 6.12. The van der Waals surface area contributed by atoms with Crippen LogP contribution in [0.2, 0.25) is 0 Å². The maximum absolute atomic E-state index is 10.3. The van der Waals surface area contributed by atoms with E-state index < -0.39 is 5.41 Å². The van der Waals surface area contributed by atoms with Crippen LogP contribution in [0.4, 0.5) is 34.1 Å². The lowest BCUT2D eigenvalue weighted by Crippen LogP contribution is -2.29. The lowest BCUT2D eigenvalue weighted by atomic mass is 9.66. The van der Waals surface area contributed by atoms with Crippen LogP contribution in [0.5, 0.6) is 0 Å². The lowest BCUT2D eigenvalue weighted by molar-refractivity contribution is 0.772. The quantitative estimate of drug-likeness (QED) is 0.144. The number of nitriles is 1. The van der Waals surface area contributed by atoms with Gasteiger partial charge in [0.15, 0.2) is 0 Å². The van der Waals surface area contributed by atoms with Crippen molar-refractivity contribution in [3.63, 3.8) is 0 Å². The molecule has 3 heteroatoms. The molecule has 0 unspecified atom stereocenters. The Hall–Kier alpha value is -10.0. The van der Waals surface area contributed by atoms with Crippen molar-refractivity contribution in [2.24, 2.45) is 0 Å². The third-order valence-corrected chi connectivity index (χ3v) is 16.1. The van der Waals surface area contributed by atoms with E-state index in [0.29, 0.717) is 5.56 Å². The van der Waals surface area contributed by atoms with Gasteiger partial charge < -0.3 is 9.80 Å². The molecule has 0 heterocycles. The average molecular weight is 982 g/mol. The molecule has 0 bridgehead atoms. The molecule has 0 saturated carbocycles. The van der Waals surface area contributed by atoms with Crippen molar-refractivity contribution < 1.29 is 0 Å². The predicted molar refractivity (Wildman–Crippen MR) is 323 cm³/mol. The fourth-order valence-electron chi connectivity index (χ4n) is 12.6. The first-order chi connectivity index (χ1) is 37.9. The fourth-order valence-corrected chi connectivity index (χ4v) is 12.6. The summed E-state index contributed by atoms with van der Waals surface area (Å²) in [7, 11) is 0. The van der Waals surface area contributed by atoms with Crippen LogP contribution in [0.1, 0.15) is 38.9 Å². The zero-order valence-corrected chi connectivity index (χ0v) is 42.8. The van der Waals surface area contributed by atoms with E-state index in [-0.39, 0.29) is 0 Å². The summed E-state index contributed by atoms with van der Waals surface area (Å²) in [6, 6.07) is 102. The highest BCUT2D eigenvalue weighted by atomic mass is 15.1. The number of aryl methyl sites for hydroxylation is 2. The van der Waals surface area contributed by atoms with Crippen LogP contribution in [-0.4, -0.2) is 0 Å². The minimum atomic E-state index is -0.843.